The summed E-state index contributed by atoms with van der Waals surface area (Å²) in [6.07, 6.45) is 3.02. The molecule has 1 N–H and O–H groups in total. The average Bonchev–Trinajstić information content (AvgIpc) is 2.81. The molecule has 1 aliphatic rings. The number of ether oxygens (including phenoxy) is 1. The monoisotopic (exact) mass is 399 g/mol. The summed E-state index contributed by atoms with van der Waals surface area (Å²) in [6, 6.07) is 28.1. The molecule has 4 nitrogen and oxygen atoms in total. The second-order valence-corrected chi connectivity index (χ2v) is 7.54. The lowest BCUT2D eigenvalue weighted by Crippen LogP contribution is -2.37. The molecule has 0 spiro atoms. The highest BCUT2D eigenvalue weighted by molar-refractivity contribution is 5.98. The van der Waals surface area contributed by atoms with E-state index in [2.05, 4.69) is 34.2 Å². The standard InChI is InChI=1S/C26H26N2O2/c1-30-23-17-15-22(16-18-23)27-26-14-8-13-24(20-9-4-2-5-10-20)28(26)19-25(29)21-11-6-3-7-12-21/h2-7,9-12,15-18,24H,8,13-14,19H2,1H3/p+1. The van der Waals surface area contributed by atoms with E-state index in [1.165, 1.54) is 5.56 Å². The summed E-state index contributed by atoms with van der Waals surface area (Å²) in [7, 11) is 1.67. The first-order chi connectivity index (χ1) is 14.7. The molecular weight excluding hydrogens is 372 g/mol. The van der Waals surface area contributed by atoms with Gasteiger partial charge in [0.2, 0.25) is 5.78 Å². The first-order valence-corrected chi connectivity index (χ1v) is 10.4. The summed E-state index contributed by atoms with van der Waals surface area (Å²) in [5.74, 6) is 2.05. The van der Waals surface area contributed by atoms with E-state index in [0.717, 1.165) is 42.1 Å². The van der Waals surface area contributed by atoms with Gasteiger partial charge in [0.25, 0.3) is 5.84 Å². The first kappa shape index (κ1) is 19.9. The first-order valence-electron chi connectivity index (χ1n) is 10.4. The van der Waals surface area contributed by atoms with E-state index in [-0.39, 0.29) is 11.8 Å². The van der Waals surface area contributed by atoms with Crippen LogP contribution in [0.3, 0.4) is 0 Å². The maximum absolute atomic E-state index is 13.1. The molecule has 152 valence electrons. The number of rotatable bonds is 6. The number of amidine groups is 1. The number of carbonyl (C=O) groups is 1. The lowest BCUT2D eigenvalue weighted by Gasteiger charge is -2.26. The van der Waals surface area contributed by atoms with Crippen molar-refractivity contribution in [2.24, 2.45) is 0 Å². The van der Waals surface area contributed by atoms with Gasteiger partial charge in [-0.3, -0.25) is 9.37 Å². The summed E-state index contributed by atoms with van der Waals surface area (Å²) in [5.41, 5.74) is 2.99. The topological polar surface area (TPSA) is 41.3 Å². The Kier molecular flexibility index (Phi) is 6.23. The molecule has 4 heteroatoms. The van der Waals surface area contributed by atoms with Gasteiger partial charge >= 0.3 is 0 Å². The number of benzene rings is 3. The van der Waals surface area contributed by atoms with E-state index >= 15 is 0 Å². The second kappa shape index (κ2) is 9.40. The summed E-state index contributed by atoms with van der Waals surface area (Å²) < 4.78 is 7.52. The molecule has 1 unspecified atom stereocenters. The summed E-state index contributed by atoms with van der Waals surface area (Å²) in [4.78, 5) is 13.1. The Balaban J connectivity index is 1.68. The smallest absolute Gasteiger partial charge is 0.250 e. The number of methoxy groups -OCH3 is 1. The van der Waals surface area contributed by atoms with Crippen LogP contribution in [0.15, 0.2) is 84.9 Å². The van der Waals surface area contributed by atoms with Crippen molar-refractivity contribution in [3.63, 3.8) is 0 Å². The van der Waals surface area contributed by atoms with Gasteiger partial charge in [-0.25, -0.2) is 5.32 Å². The summed E-state index contributed by atoms with van der Waals surface area (Å²) >= 11 is 0. The summed E-state index contributed by atoms with van der Waals surface area (Å²) in [6.45, 7) is 0.349. The third-order valence-corrected chi connectivity index (χ3v) is 5.59. The molecule has 0 aliphatic carbocycles. The van der Waals surface area contributed by atoms with Crippen molar-refractivity contribution >= 4 is 17.3 Å². The zero-order chi connectivity index (χ0) is 20.8. The lowest BCUT2D eigenvalue weighted by atomic mass is 9.96. The maximum atomic E-state index is 13.1. The van der Waals surface area contributed by atoms with Gasteiger partial charge in [-0.15, -0.1) is 0 Å². The van der Waals surface area contributed by atoms with Crippen molar-refractivity contribution in [3.05, 3.63) is 96.1 Å². The summed E-state index contributed by atoms with van der Waals surface area (Å²) in [5, 5.41) is 3.57. The van der Waals surface area contributed by atoms with Gasteiger partial charge in [-0.1, -0.05) is 60.7 Å². The van der Waals surface area contributed by atoms with Gasteiger partial charge in [-0.2, -0.15) is 0 Å². The quantitative estimate of drug-likeness (QED) is 0.450. The molecule has 0 amide bonds. The van der Waals surface area contributed by atoms with Gasteiger partial charge in [-0.05, 0) is 42.7 Å². The molecule has 1 heterocycles. The Labute approximate surface area is 177 Å². The molecule has 0 radical (unpaired) electrons. The third kappa shape index (κ3) is 4.60. The SMILES string of the molecule is COc1ccc(NC2=[N+](CC(=O)c3ccccc3)C(c3ccccc3)CCC2)cc1. The Morgan fingerprint density at radius 1 is 0.967 bits per heavy atom. The number of hydrogen-bond donors (Lipinski definition) is 1. The molecule has 4 rings (SSSR count). The van der Waals surface area contributed by atoms with E-state index in [9.17, 15) is 4.79 Å². The zero-order valence-corrected chi connectivity index (χ0v) is 17.3. The molecule has 1 atom stereocenters. The van der Waals surface area contributed by atoms with Crippen LogP contribution in [0.4, 0.5) is 5.69 Å². The fourth-order valence-electron chi connectivity index (χ4n) is 4.02. The largest absolute Gasteiger partial charge is 0.497 e. The van der Waals surface area contributed by atoms with Crippen LogP contribution in [0.2, 0.25) is 0 Å². The molecule has 0 bridgehead atoms. The van der Waals surface area contributed by atoms with Crippen LogP contribution in [0.5, 0.6) is 5.75 Å². The molecule has 0 fully saturated rings. The molecular formula is C26H27N2O2+. The average molecular weight is 400 g/mol. The van der Waals surface area contributed by atoms with Crippen molar-refractivity contribution in [2.45, 2.75) is 25.3 Å². The van der Waals surface area contributed by atoms with Crippen LogP contribution in [-0.4, -0.2) is 29.8 Å². The minimum absolute atomic E-state index is 0.132. The fourth-order valence-corrected chi connectivity index (χ4v) is 4.02. The predicted molar refractivity (Wildman–Crippen MR) is 121 cm³/mol. The van der Waals surface area contributed by atoms with Crippen LogP contribution >= 0.6 is 0 Å². The van der Waals surface area contributed by atoms with Crippen LogP contribution in [0.1, 0.15) is 41.2 Å². The van der Waals surface area contributed by atoms with Gasteiger partial charge in [0.15, 0.2) is 0 Å². The van der Waals surface area contributed by atoms with E-state index in [1.54, 1.807) is 7.11 Å². The third-order valence-electron chi connectivity index (χ3n) is 5.59. The van der Waals surface area contributed by atoms with Crippen molar-refractivity contribution < 1.29 is 14.1 Å². The van der Waals surface area contributed by atoms with Crippen molar-refractivity contribution in [1.82, 2.24) is 0 Å². The van der Waals surface area contributed by atoms with Crippen molar-refractivity contribution in [2.75, 3.05) is 19.0 Å². The maximum Gasteiger partial charge on any atom is 0.250 e. The second-order valence-electron chi connectivity index (χ2n) is 7.54. The highest BCUT2D eigenvalue weighted by atomic mass is 16.5. The van der Waals surface area contributed by atoms with Crippen LogP contribution in [0.25, 0.3) is 0 Å². The minimum atomic E-state index is 0.132. The van der Waals surface area contributed by atoms with E-state index in [4.69, 9.17) is 4.74 Å². The molecule has 3 aromatic carbocycles. The number of anilines is 1. The van der Waals surface area contributed by atoms with Crippen LogP contribution in [-0.2, 0) is 0 Å². The number of nitrogens with one attached hydrogen (secondary N) is 1. The van der Waals surface area contributed by atoms with E-state index < -0.39 is 0 Å². The van der Waals surface area contributed by atoms with Gasteiger partial charge in [0.1, 0.15) is 24.0 Å². The lowest BCUT2D eigenvalue weighted by molar-refractivity contribution is -0.566. The van der Waals surface area contributed by atoms with Gasteiger partial charge in [0.05, 0.1) is 7.11 Å². The van der Waals surface area contributed by atoms with Gasteiger partial charge in [0, 0.05) is 12.0 Å². The number of carbonyl (C=O) groups excluding carboxylic acids is 1. The Morgan fingerprint density at radius 2 is 1.63 bits per heavy atom. The van der Waals surface area contributed by atoms with E-state index in [1.807, 2.05) is 60.7 Å². The highest BCUT2D eigenvalue weighted by Crippen LogP contribution is 2.29. The Bertz CT molecular complexity index is 1010. The van der Waals surface area contributed by atoms with Crippen LogP contribution < -0.4 is 10.1 Å². The number of ketones is 1. The zero-order valence-electron chi connectivity index (χ0n) is 17.3. The highest BCUT2D eigenvalue weighted by Gasteiger charge is 2.30. The molecule has 1 aliphatic heterocycles. The fraction of sp³-hybridized carbons (Fsp3) is 0.231. The van der Waals surface area contributed by atoms with Gasteiger partial charge < -0.3 is 4.74 Å². The van der Waals surface area contributed by atoms with Crippen molar-refractivity contribution in [3.8, 4) is 5.75 Å². The Morgan fingerprint density at radius 3 is 2.30 bits per heavy atom. The van der Waals surface area contributed by atoms with E-state index in [0.29, 0.717) is 6.54 Å². The predicted octanol–water partition coefficient (Wildman–Crippen LogP) is 5.33. The molecule has 0 saturated heterocycles. The van der Waals surface area contributed by atoms with Crippen LogP contribution in [0, 0.1) is 0 Å². The number of Topliss-reactive ketones (excluding diaryl/α,β-unsaturated/α-hetero) is 1. The van der Waals surface area contributed by atoms with Crippen molar-refractivity contribution in [1.29, 1.82) is 0 Å². The molecule has 0 aromatic heterocycles. The molecule has 3 aromatic rings. The molecule has 0 saturated carbocycles. The minimum Gasteiger partial charge on any atom is -0.497 e. The normalized spacial score (nSPS) is 16.2. The Hall–Kier alpha value is -3.40. The number of hydrogen-bond acceptors (Lipinski definition) is 3. The number of nitrogens with zero attached hydrogens (tertiary/aromatic N) is 1. The molecule has 30 heavy (non-hydrogen) atoms.